The van der Waals surface area contributed by atoms with Gasteiger partial charge in [-0.15, -0.1) is 0 Å². The Hall–Kier alpha value is -3.11. The average molecular weight is 448 g/mol. The normalized spacial score (nSPS) is 18.1. The third-order valence-corrected chi connectivity index (χ3v) is 6.55. The third-order valence-electron chi connectivity index (χ3n) is 4.85. The Kier molecular flexibility index (Phi) is 5.12. The zero-order valence-electron chi connectivity index (χ0n) is 15.8. The molecular weight excluding hydrogens is 430 g/mol. The molecule has 1 aliphatic rings. The predicted molar refractivity (Wildman–Crippen MR) is 110 cm³/mol. The standard InChI is InChI=1S/C19H18ClN5O4S/c1-11-8-16(18-21-10-22-25(11)18)23-19(27)13-9-12(6-7-17(13)26)30(28,29)24-15-5-3-2-4-14(15)20/h2-7,9-11,16,24,26H,8H2,1H3,(H,23,27). The lowest BCUT2D eigenvalue weighted by Gasteiger charge is -2.14. The van der Waals surface area contributed by atoms with Gasteiger partial charge in [0.15, 0.2) is 0 Å². The van der Waals surface area contributed by atoms with Crippen LogP contribution in [0.4, 0.5) is 5.69 Å². The monoisotopic (exact) mass is 447 g/mol. The van der Waals surface area contributed by atoms with Crippen LogP contribution < -0.4 is 10.0 Å². The molecule has 0 spiro atoms. The van der Waals surface area contributed by atoms with Crippen molar-refractivity contribution in [2.24, 2.45) is 0 Å². The molecule has 9 nitrogen and oxygen atoms in total. The van der Waals surface area contributed by atoms with E-state index in [9.17, 15) is 18.3 Å². The Bertz CT molecular complexity index is 1230. The molecule has 3 N–H and O–H groups in total. The van der Waals surface area contributed by atoms with Crippen LogP contribution in [0.2, 0.25) is 5.02 Å². The summed E-state index contributed by atoms with van der Waals surface area (Å²) < 4.78 is 29.6. The summed E-state index contributed by atoms with van der Waals surface area (Å²) in [5.74, 6) is -0.341. The number of hydrogen-bond donors (Lipinski definition) is 3. The highest BCUT2D eigenvalue weighted by atomic mass is 35.5. The van der Waals surface area contributed by atoms with E-state index < -0.39 is 22.0 Å². The molecule has 1 amide bonds. The van der Waals surface area contributed by atoms with E-state index in [0.29, 0.717) is 12.2 Å². The number of para-hydroxylation sites is 1. The maximum Gasteiger partial charge on any atom is 0.261 e. The quantitative estimate of drug-likeness (QED) is 0.552. The van der Waals surface area contributed by atoms with Crippen molar-refractivity contribution in [1.29, 1.82) is 0 Å². The van der Waals surface area contributed by atoms with Gasteiger partial charge in [-0.2, -0.15) is 5.10 Å². The van der Waals surface area contributed by atoms with Gasteiger partial charge in [-0.05, 0) is 43.7 Å². The molecule has 2 aromatic carbocycles. The number of nitrogens with zero attached hydrogens (tertiary/aromatic N) is 3. The fourth-order valence-corrected chi connectivity index (χ4v) is 4.71. The van der Waals surface area contributed by atoms with Gasteiger partial charge in [-0.3, -0.25) is 9.52 Å². The van der Waals surface area contributed by atoms with Gasteiger partial charge in [0.05, 0.1) is 33.3 Å². The topological polar surface area (TPSA) is 126 Å². The Labute approximate surface area is 177 Å². The molecule has 0 saturated carbocycles. The van der Waals surface area contributed by atoms with E-state index in [4.69, 9.17) is 11.6 Å². The van der Waals surface area contributed by atoms with Crippen LogP contribution in [-0.2, 0) is 10.0 Å². The van der Waals surface area contributed by atoms with Gasteiger partial charge >= 0.3 is 0 Å². The van der Waals surface area contributed by atoms with Crippen LogP contribution in [0.25, 0.3) is 0 Å². The van der Waals surface area contributed by atoms with Crippen LogP contribution in [0.3, 0.4) is 0 Å². The molecule has 2 heterocycles. The van der Waals surface area contributed by atoms with Crippen molar-refractivity contribution in [3.63, 3.8) is 0 Å². The molecule has 30 heavy (non-hydrogen) atoms. The number of hydrogen-bond acceptors (Lipinski definition) is 6. The van der Waals surface area contributed by atoms with Gasteiger partial charge in [0.2, 0.25) is 0 Å². The first-order valence-electron chi connectivity index (χ1n) is 9.07. The van der Waals surface area contributed by atoms with Crippen molar-refractivity contribution in [3.05, 3.63) is 65.2 Å². The number of carbonyl (C=O) groups excluding carboxylic acids is 1. The minimum atomic E-state index is -4.04. The maximum atomic E-state index is 12.8. The molecule has 156 valence electrons. The maximum absolute atomic E-state index is 12.8. The molecule has 4 rings (SSSR count). The molecule has 0 aliphatic carbocycles. The highest BCUT2D eigenvalue weighted by molar-refractivity contribution is 7.92. The summed E-state index contributed by atoms with van der Waals surface area (Å²) in [4.78, 5) is 16.8. The zero-order chi connectivity index (χ0) is 21.5. The number of anilines is 1. The number of phenols is 1. The van der Waals surface area contributed by atoms with Crippen LogP contribution in [0.15, 0.2) is 53.7 Å². The second-order valence-corrected chi connectivity index (χ2v) is 9.03. The van der Waals surface area contributed by atoms with E-state index >= 15 is 0 Å². The van der Waals surface area contributed by atoms with Crippen LogP contribution in [-0.4, -0.2) is 34.2 Å². The fourth-order valence-electron chi connectivity index (χ4n) is 3.37. The smallest absolute Gasteiger partial charge is 0.261 e. The van der Waals surface area contributed by atoms with Crippen molar-refractivity contribution in [2.75, 3.05) is 4.72 Å². The SMILES string of the molecule is CC1CC(NC(=O)c2cc(S(=O)(=O)Nc3ccccc3Cl)ccc2O)c2ncnn21. The molecule has 0 radical (unpaired) electrons. The number of fused-ring (bicyclic) bond motifs is 1. The number of aromatic nitrogens is 3. The summed E-state index contributed by atoms with van der Waals surface area (Å²) in [6.07, 6.45) is 2.00. The molecular formula is C19H18ClN5O4S. The Morgan fingerprint density at radius 1 is 1.27 bits per heavy atom. The van der Waals surface area contributed by atoms with Crippen molar-refractivity contribution in [2.45, 2.75) is 30.3 Å². The van der Waals surface area contributed by atoms with E-state index in [2.05, 4.69) is 20.1 Å². The molecule has 0 saturated heterocycles. The van der Waals surface area contributed by atoms with Crippen LogP contribution in [0.5, 0.6) is 5.75 Å². The largest absolute Gasteiger partial charge is 0.507 e. The van der Waals surface area contributed by atoms with Gasteiger partial charge < -0.3 is 10.4 Å². The Morgan fingerprint density at radius 3 is 2.80 bits per heavy atom. The molecule has 2 unspecified atom stereocenters. The number of sulfonamides is 1. The average Bonchev–Trinajstić information content (AvgIpc) is 3.29. The zero-order valence-corrected chi connectivity index (χ0v) is 17.4. The first kappa shape index (κ1) is 20.2. The summed E-state index contributed by atoms with van der Waals surface area (Å²) in [6, 6.07) is 9.54. The van der Waals surface area contributed by atoms with Crippen LogP contribution in [0.1, 0.15) is 41.6 Å². The lowest BCUT2D eigenvalue weighted by molar-refractivity contribution is 0.0932. The highest BCUT2D eigenvalue weighted by Crippen LogP contribution is 2.32. The highest BCUT2D eigenvalue weighted by Gasteiger charge is 2.32. The number of rotatable bonds is 5. The number of aromatic hydroxyl groups is 1. The lowest BCUT2D eigenvalue weighted by Crippen LogP contribution is -2.28. The van der Waals surface area contributed by atoms with Crippen molar-refractivity contribution in [1.82, 2.24) is 20.1 Å². The summed E-state index contributed by atoms with van der Waals surface area (Å²) in [5.41, 5.74) is 0.0418. The molecule has 1 aromatic heterocycles. The first-order chi connectivity index (χ1) is 14.3. The summed E-state index contributed by atoms with van der Waals surface area (Å²) in [5, 5.41) is 17.3. The van der Waals surface area contributed by atoms with Crippen molar-refractivity contribution >= 4 is 33.2 Å². The van der Waals surface area contributed by atoms with Crippen LogP contribution in [0, 0.1) is 0 Å². The lowest BCUT2D eigenvalue weighted by atomic mass is 10.1. The van der Waals surface area contributed by atoms with E-state index in [1.165, 1.54) is 18.5 Å². The summed E-state index contributed by atoms with van der Waals surface area (Å²) >= 11 is 6.02. The third kappa shape index (κ3) is 3.71. The Morgan fingerprint density at radius 2 is 2.03 bits per heavy atom. The minimum absolute atomic E-state index is 0.0629. The van der Waals surface area contributed by atoms with Gasteiger partial charge in [-0.25, -0.2) is 18.1 Å². The number of nitrogens with one attached hydrogen (secondary N) is 2. The molecule has 11 heteroatoms. The van der Waals surface area contributed by atoms with Gasteiger partial charge in [0.1, 0.15) is 17.9 Å². The second kappa shape index (κ2) is 7.62. The minimum Gasteiger partial charge on any atom is -0.507 e. The summed E-state index contributed by atoms with van der Waals surface area (Å²) in [6.45, 7) is 1.95. The predicted octanol–water partition coefficient (Wildman–Crippen LogP) is 2.87. The summed E-state index contributed by atoms with van der Waals surface area (Å²) in [7, 11) is -4.04. The number of carbonyl (C=O) groups is 1. The van der Waals surface area contributed by atoms with Gasteiger partial charge in [0, 0.05) is 0 Å². The van der Waals surface area contributed by atoms with Crippen molar-refractivity contribution < 1.29 is 18.3 Å². The van der Waals surface area contributed by atoms with E-state index in [1.54, 1.807) is 22.9 Å². The second-order valence-electron chi connectivity index (χ2n) is 6.94. The van der Waals surface area contributed by atoms with E-state index in [-0.39, 0.29) is 33.0 Å². The number of benzene rings is 2. The molecule has 0 fully saturated rings. The fraction of sp³-hybridized carbons (Fsp3) is 0.211. The number of amides is 1. The first-order valence-corrected chi connectivity index (χ1v) is 10.9. The van der Waals surface area contributed by atoms with Gasteiger partial charge in [-0.1, -0.05) is 23.7 Å². The molecule has 3 aromatic rings. The molecule has 1 aliphatic heterocycles. The number of phenolic OH excluding ortho intramolecular Hbond substituents is 1. The molecule has 2 atom stereocenters. The van der Waals surface area contributed by atoms with E-state index in [1.807, 2.05) is 6.92 Å². The Balaban J connectivity index is 1.59. The van der Waals surface area contributed by atoms with Gasteiger partial charge in [0.25, 0.3) is 15.9 Å². The number of halogens is 1. The molecule has 0 bridgehead atoms. The van der Waals surface area contributed by atoms with Crippen LogP contribution >= 0.6 is 11.6 Å². The van der Waals surface area contributed by atoms with E-state index in [0.717, 1.165) is 12.1 Å². The van der Waals surface area contributed by atoms with Crippen molar-refractivity contribution in [3.8, 4) is 5.75 Å².